The molecule has 0 radical (unpaired) electrons. The van der Waals surface area contributed by atoms with Gasteiger partial charge in [0.05, 0.1) is 24.5 Å². The van der Waals surface area contributed by atoms with E-state index < -0.39 is 0 Å². The number of carbonyl (C=O) groups excluding carboxylic acids is 1. The Morgan fingerprint density at radius 2 is 1.75 bits per heavy atom. The number of carbonyl (C=O) groups is 1. The maximum Gasteiger partial charge on any atom is 0.295 e. The van der Waals surface area contributed by atoms with Crippen LogP contribution in [0.2, 0.25) is 0 Å². The first kappa shape index (κ1) is 19.3. The lowest BCUT2D eigenvalue weighted by Crippen LogP contribution is -2.26. The Bertz CT molecular complexity index is 1000. The van der Waals surface area contributed by atoms with Gasteiger partial charge in [-0.25, -0.2) is 4.68 Å². The van der Waals surface area contributed by atoms with Crippen LogP contribution >= 0.6 is 0 Å². The summed E-state index contributed by atoms with van der Waals surface area (Å²) in [6.45, 7) is 4.38. The summed E-state index contributed by atoms with van der Waals surface area (Å²) < 4.78 is 8.66. The average Bonchev–Trinajstić information content (AvgIpc) is 2.91. The molecule has 0 fully saturated rings. The lowest BCUT2D eigenvalue weighted by molar-refractivity contribution is -0.114. The van der Waals surface area contributed by atoms with Crippen molar-refractivity contribution >= 4 is 17.3 Å². The molecule has 0 bridgehead atoms. The molecule has 3 aromatic rings. The van der Waals surface area contributed by atoms with Crippen molar-refractivity contribution in [2.24, 2.45) is 7.05 Å². The molecule has 1 amide bonds. The predicted molar refractivity (Wildman–Crippen MR) is 110 cm³/mol. The van der Waals surface area contributed by atoms with Crippen molar-refractivity contribution < 1.29 is 9.53 Å². The summed E-state index contributed by atoms with van der Waals surface area (Å²) in [6.07, 6.45) is 0. The first-order chi connectivity index (χ1) is 13.5. The molecular weight excluding hydrogens is 356 g/mol. The molecule has 28 heavy (non-hydrogen) atoms. The van der Waals surface area contributed by atoms with Gasteiger partial charge in [-0.3, -0.25) is 14.3 Å². The largest absolute Gasteiger partial charge is 0.494 e. The van der Waals surface area contributed by atoms with E-state index >= 15 is 0 Å². The van der Waals surface area contributed by atoms with E-state index in [1.54, 1.807) is 18.7 Å². The average molecular weight is 380 g/mol. The van der Waals surface area contributed by atoms with Gasteiger partial charge in [-0.15, -0.1) is 0 Å². The third-order valence-electron chi connectivity index (χ3n) is 4.44. The molecule has 1 aromatic heterocycles. The van der Waals surface area contributed by atoms with Crippen LogP contribution in [-0.4, -0.2) is 28.4 Å². The zero-order valence-electron chi connectivity index (χ0n) is 16.2. The fourth-order valence-electron chi connectivity index (χ4n) is 2.91. The van der Waals surface area contributed by atoms with Crippen molar-refractivity contribution in [3.63, 3.8) is 0 Å². The highest BCUT2D eigenvalue weighted by Gasteiger charge is 2.17. The van der Waals surface area contributed by atoms with Crippen LogP contribution < -0.4 is 20.9 Å². The summed E-state index contributed by atoms with van der Waals surface area (Å²) in [5.74, 6) is 0.485. The molecule has 3 rings (SSSR count). The van der Waals surface area contributed by atoms with Crippen LogP contribution in [0.15, 0.2) is 59.4 Å². The molecular formula is C21H24N4O3. The van der Waals surface area contributed by atoms with Crippen LogP contribution in [0.25, 0.3) is 5.69 Å². The van der Waals surface area contributed by atoms with Crippen molar-refractivity contribution in [3.8, 4) is 11.4 Å². The summed E-state index contributed by atoms with van der Waals surface area (Å²) in [6, 6.07) is 16.7. The Hall–Kier alpha value is -3.48. The van der Waals surface area contributed by atoms with Crippen LogP contribution in [0, 0.1) is 6.92 Å². The minimum atomic E-state index is -0.292. The lowest BCUT2D eigenvalue weighted by Gasteiger charge is -2.08. The van der Waals surface area contributed by atoms with Crippen molar-refractivity contribution in [2.45, 2.75) is 13.8 Å². The Labute approximate surface area is 163 Å². The topological polar surface area (TPSA) is 77.3 Å². The van der Waals surface area contributed by atoms with Crippen molar-refractivity contribution in [3.05, 3.63) is 70.6 Å². The zero-order chi connectivity index (χ0) is 20.1. The number of hydrogen-bond donors (Lipinski definition) is 2. The van der Waals surface area contributed by atoms with E-state index in [0.29, 0.717) is 12.3 Å². The smallest absolute Gasteiger partial charge is 0.295 e. The molecule has 0 unspecified atom stereocenters. The molecule has 7 nitrogen and oxygen atoms in total. The summed E-state index contributed by atoms with van der Waals surface area (Å²) in [5, 5.41) is 5.77. The molecule has 0 aliphatic heterocycles. The molecule has 2 aromatic carbocycles. The normalized spacial score (nSPS) is 10.5. The quantitative estimate of drug-likeness (QED) is 0.661. The highest BCUT2D eigenvalue weighted by atomic mass is 16.5. The minimum Gasteiger partial charge on any atom is -0.494 e. The SMILES string of the molecule is CCOc1ccc(NCC(=O)Nc2c(C)n(C)n(-c3ccccc3)c2=O)cc1. The van der Waals surface area contributed by atoms with Gasteiger partial charge < -0.3 is 15.4 Å². The maximum absolute atomic E-state index is 12.8. The number of nitrogens with zero attached hydrogens (tertiary/aromatic N) is 2. The first-order valence-electron chi connectivity index (χ1n) is 9.12. The molecule has 146 valence electrons. The second kappa shape index (κ2) is 8.47. The number of anilines is 2. The molecule has 0 spiro atoms. The van der Waals surface area contributed by atoms with E-state index in [9.17, 15) is 9.59 Å². The van der Waals surface area contributed by atoms with E-state index in [0.717, 1.165) is 17.1 Å². The van der Waals surface area contributed by atoms with Gasteiger partial charge in [0.1, 0.15) is 11.4 Å². The molecule has 0 aliphatic rings. The monoisotopic (exact) mass is 380 g/mol. The van der Waals surface area contributed by atoms with Crippen LogP contribution in [0.3, 0.4) is 0 Å². The zero-order valence-corrected chi connectivity index (χ0v) is 16.2. The van der Waals surface area contributed by atoms with Gasteiger partial charge in [0.25, 0.3) is 5.56 Å². The highest BCUT2D eigenvalue weighted by molar-refractivity contribution is 5.94. The van der Waals surface area contributed by atoms with Gasteiger partial charge in [0.15, 0.2) is 0 Å². The minimum absolute atomic E-state index is 0.0487. The summed E-state index contributed by atoms with van der Waals surface area (Å²) >= 11 is 0. The molecule has 0 saturated carbocycles. The molecule has 7 heteroatoms. The fourth-order valence-corrected chi connectivity index (χ4v) is 2.91. The number of ether oxygens (including phenoxy) is 1. The van der Waals surface area contributed by atoms with Crippen molar-refractivity contribution in [1.29, 1.82) is 0 Å². The number of rotatable bonds is 7. The Morgan fingerprint density at radius 1 is 1.07 bits per heavy atom. The van der Waals surface area contributed by atoms with Gasteiger partial charge in [-0.2, -0.15) is 0 Å². The van der Waals surface area contributed by atoms with E-state index in [2.05, 4.69) is 10.6 Å². The predicted octanol–water partition coefficient (Wildman–Crippen LogP) is 2.93. The molecule has 0 saturated heterocycles. The number of para-hydroxylation sites is 1. The van der Waals surface area contributed by atoms with E-state index in [4.69, 9.17) is 4.74 Å². The fraction of sp³-hybridized carbons (Fsp3) is 0.238. The van der Waals surface area contributed by atoms with E-state index in [1.165, 1.54) is 4.68 Å². The van der Waals surface area contributed by atoms with E-state index in [1.807, 2.05) is 61.5 Å². The second-order valence-corrected chi connectivity index (χ2v) is 6.30. The van der Waals surface area contributed by atoms with Crippen LogP contribution in [0.4, 0.5) is 11.4 Å². The highest BCUT2D eigenvalue weighted by Crippen LogP contribution is 2.16. The number of benzene rings is 2. The number of amides is 1. The van der Waals surface area contributed by atoms with Gasteiger partial charge in [0.2, 0.25) is 5.91 Å². The van der Waals surface area contributed by atoms with Crippen LogP contribution in [0.1, 0.15) is 12.6 Å². The van der Waals surface area contributed by atoms with Gasteiger partial charge in [0, 0.05) is 12.7 Å². The standard InChI is InChI=1S/C21H24N4O3/c1-4-28-18-12-10-16(11-13-18)22-14-19(26)23-20-15(2)24(3)25(21(20)27)17-8-6-5-7-9-17/h5-13,22H,4,14H2,1-3H3,(H,23,26). The summed E-state index contributed by atoms with van der Waals surface area (Å²) in [5.41, 5.74) is 2.24. The molecule has 0 aliphatic carbocycles. The second-order valence-electron chi connectivity index (χ2n) is 6.30. The Kier molecular flexibility index (Phi) is 5.84. The third-order valence-corrected chi connectivity index (χ3v) is 4.44. The third kappa shape index (κ3) is 4.09. The number of aromatic nitrogens is 2. The first-order valence-corrected chi connectivity index (χ1v) is 9.12. The van der Waals surface area contributed by atoms with Gasteiger partial charge in [-0.1, -0.05) is 18.2 Å². The molecule has 2 N–H and O–H groups in total. The number of nitrogens with one attached hydrogen (secondary N) is 2. The lowest BCUT2D eigenvalue weighted by atomic mass is 10.3. The van der Waals surface area contributed by atoms with Gasteiger partial charge >= 0.3 is 0 Å². The molecule has 0 atom stereocenters. The van der Waals surface area contributed by atoms with E-state index in [-0.39, 0.29) is 23.7 Å². The van der Waals surface area contributed by atoms with Crippen molar-refractivity contribution in [2.75, 3.05) is 23.8 Å². The Balaban J connectivity index is 1.70. The van der Waals surface area contributed by atoms with Gasteiger partial charge in [-0.05, 0) is 50.2 Å². The Morgan fingerprint density at radius 3 is 2.39 bits per heavy atom. The maximum atomic E-state index is 12.8. The van der Waals surface area contributed by atoms with Crippen LogP contribution in [0.5, 0.6) is 5.75 Å². The van der Waals surface area contributed by atoms with Crippen molar-refractivity contribution in [1.82, 2.24) is 9.36 Å². The molecule has 1 heterocycles. The number of hydrogen-bond acceptors (Lipinski definition) is 4. The summed E-state index contributed by atoms with van der Waals surface area (Å²) in [7, 11) is 1.79. The van der Waals surface area contributed by atoms with Crippen LogP contribution in [-0.2, 0) is 11.8 Å². The summed E-state index contributed by atoms with van der Waals surface area (Å²) in [4.78, 5) is 25.2.